The van der Waals surface area contributed by atoms with Crippen LogP contribution in [0.25, 0.3) is 11.1 Å². The molecule has 4 heteroatoms. The maximum Gasteiger partial charge on any atom is 0.176 e. The standard InChI is InChI=1S/C25H26O3S/c1-12-7-13(2)19(14(3)8-12)20-21(26)24(5)18-9-16(17-11-29-10-15(17)4)23(28-18)25(24,6)22(20)27/h7-11,18,23,27H,1-6H3/t18-,23+,24+,25+/m0/s1. The van der Waals surface area contributed by atoms with Gasteiger partial charge >= 0.3 is 0 Å². The van der Waals surface area contributed by atoms with E-state index in [4.69, 9.17) is 4.74 Å². The molecule has 150 valence electrons. The minimum atomic E-state index is -0.797. The Bertz CT molecular complexity index is 1130. The van der Waals surface area contributed by atoms with Crippen LogP contribution in [0.3, 0.4) is 0 Å². The van der Waals surface area contributed by atoms with Crippen LogP contribution in [0.2, 0.25) is 0 Å². The molecule has 4 atom stereocenters. The number of carbonyl (C=O) groups is 1. The number of thiophene rings is 1. The lowest BCUT2D eigenvalue weighted by Crippen LogP contribution is -2.47. The summed E-state index contributed by atoms with van der Waals surface area (Å²) in [4.78, 5) is 13.8. The topological polar surface area (TPSA) is 46.5 Å². The van der Waals surface area contributed by atoms with Gasteiger partial charge in [0, 0.05) is 0 Å². The fraction of sp³-hybridized carbons (Fsp3) is 0.400. The number of aliphatic hydroxyl groups excluding tert-OH is 1. The number of fused-ring (bicyclic) bond motifs is 5. The smallest absolute Gasteiger partial charge is 0.176 e. The predicted molar refractivity (Wildman–Crippen MR) is 117 cm³/mol. The van der Waals surface area contributed by atoms with E-state index in [1.165, 1.54) is 11.1 Å². The van der Waals surface area contributed by atoms with Crippen LogP contribution >= 0.6 is 11.3 Å². The summed E-state index contributed by atoms with van der Waals surface area (Å²) in [6.45, 7) is 12.2. The van der Waals surface area contributed by atoms with Gasteiger partial charge in [0.25, 0.3) is 0 Å². The molecule has 0 saturated carbocycles. The maximum atomic E-state index is 13.8. The van der Waals surface area contributed by atoms with Crippen molar-refractivity contribution < 1.29 is 14.6 Å². The Labute approximate surface area is 175 Å². The lowest BCUT2D eigenvalue weighted by molar-refractivity contribution is -0.125. The van der Waals surface area contributed by atoms with Gasteiger partial charge in [0.05, 0.1) is 28.6 Å². The largest absolute Gasteiger partial charge is 0.511 e. The summed E-state index contributed by atoms with van der Waals surface area (Å²) in [6.07, 6.45) is 1.47. The van der Waals surface area contributed by atoms with Crippen molar-refractivity contribution in [2.24, 2.45) is 10.8 Å². The van der Waals surface area contributed by atoms with Gasteiger partial charge in [0.1, 0.15) is 5.76 Å². The number of carbonyl (C=O) groups excluding carboxylic acids is 1. The monoisotopic (exact) mass is 406 g/mol. The zero-order valence-corrected chi connectivity index (χ0v) is 18.5. The second kappa shape index (κ2) is 5.71. The van der Waals surface area contributed by atoms with E-state index in [1.807, 2.05) is 27.7 Å². The molecule has 1 N–H and O–H groups in total. The summed E-state index contributed by atoms with van der Waals surface area (Å²) in [5, 5.41) is 15.9. The third-order valence-electron chi connectivity index (χ3n) is 7.59. The van der Waals surface area contributed by atoms with E-state index in [2.05, 4.69) is 42.8 Å². The summed E-state index contributed by atoms with van der Waals surface area (Å²) in [6, 6.07) is 4.16. The van der Waals surface area contributed by atoms with Gasteiger partial charge in [-0.2, -0.15) is 11.3 Å². The van der Waals surface area contributed by atoms with Crippen molar-refractivity contribution in [2.45, 2.75) is 53.8 Å². The molecule has 0 spiro atoms. The molecule has 1 aromatic heterocycles. The number of hydrogen-bond acceptors (Lipinski definition) is 4. The van der Waals surface area contributed by atoms with Crippen LogP contribution in [0.15, 0.2) is 34.7 Å². The number of Topliss-reactive ketones (excluding diaryl/α,β-unsaturated/α-hetero) is 1. The molecular weight excluding hydrogens is 380 g/mol. The summed E-state index contributed by atoms with van der Waals surface area (Å²) in [5.74, 6) is 0.184. The molecule has 2 aliphatic heterocycles. The lowest BCUT2D eigenvalue weighted by atomic mass is 9.58. The van der Waals surface area contributed by atoms with Crippen molar-refractivity contribution >= 4 is 28.3 Å². The average Bonchev–Trinajstić information content (AvgIpc) is 3.35. The molecule has 3 heterocycles. The molecule has 3 nitrogen and oxygen atoms in total. The Morgan fingerprint density at radius 3 is 2.24 bits per heavy atom. The summed E-state index contributed by atoms with van der Waals surface area (Å²) >= 11 is 1.67. The van der Waals surface area contributed by atoms with Crippen LogP contribution < -0.4 is 0 Å². The van der Waals surface area contributed by atoms with E-state index < -0.39 is 10.8 Å². The van der Waals surface area contributed by atoms with Crippen LogP contribution in [0, 0.1) is 38.5 Å². The number of aryl methyl sites for hydroxylation is 4. The number of rotatable bonds is 2. The van der Waals surface area contributed by atoms with Crippen LogP contribution in [0.5, 0.6) is 0 Å². The molecule has 1 aliphatic carbocycles. The molecule has 2 aromatic rings. The second-order valence-corrected chi connectivity index (χ2v) is 10.0. The van der Waals surface area contributed by atoms with E-state index in [0.717, 1.165) is 27.8 Å². The quantitative estimate of drug-likeness (QED) is 0.695. The minimum Gasteiger partial charge on any atom is -0.511 e. The Hall–Kier alpha value is -2.17. The molecule has 5 rings (SSSR count). The van der Waals surface area contributed by atoms with E-state index >= 15 is 0 Å². The van der Waals surface area contributed by atoms with Crippen molar-refractivity contribution in [1.29, 1.82) is 0 Å². The predicted octanol–water partition coefficient (Wildman–Crippen LogP) is 5.71. The van der Waals surface area contributed by atoms with E-state index in [-0.39, 0.29) is 23.8 Å². The molecule has 1 fully saturated rings. The first-order chi connectivity index (χ1) is 13.6. The number of allylic oxidation sites excluding steroid dienone is 1. The van der Waals surface area contributed by atoms with E-state index in [1.54, 1.807) is 11.3 Å². The van der Waals surface area contributed by atoms with Crippen molar-refractivity contribution in [3.8, 4) is 0 Å². The molecule has 0 unspecified atom stereocenters. The first-order valence-corrected chi connectivity index (χ1v) is 11.0. The molecular formula is C25H26O3S. The molecule has 2 bridgehead atoms. The molecule has 0 amide bonds. The van der Waals surface area contributed by atoms with Crippen molar-refractivity contribution in [1.82, 2.24) is 0 Å². The summed E-state index contributed by atoms with van der Waals surface area (Å²) in [5.41, 5.74) is 6.49. The minimum absolute atomic E-state index is 0.00241. The number of benzene rings is 1. The van der Waals surface area contributed by atoms with Gasteiger partial charge in [-0.25, -0.2) is 0 Å². The third kappa shape index (κ3) is 2.04. The number of aliphatic hydroxyl groups is 1. The normalized spacial score (nSPS) is 32.9. The SMILES string of the molecule is Cc1cc(C)c(C2=C(O)[C@]3(C)[C@@H]4O[C@@H](C=C4c4cscc4C)[C@]3(C)C2=O)c(C)c1. The summed E-state index contributed by atoms with van der Waals surface area (Å²) in [7, 11) is 0. The van der Waals surface area contributed by atoms with Crippen molar-refractivity contribution in [2.75, 3.05) is 0 Å². The first-order valence-electron chi connectivity index (χ1n) is 10.1. The fourth-order valence-corrected chi connectivity index (χ4v) is 6.74. The van der Waals surface area contributed by atoms with Gasteiger partial charge in [-0.3, -0.25) is 4.79 Å². The van der Waals surface area contributed by atoms with Crippen molar-refractivity contribution in [3.05, 3.63) is 68.1 Å². The number of ketones is 1. The van der Waals surface area contributed by atoms with Gasteiger partial charge in [0.15, 0.2) is 5.78 Å². The number of ether oxygens (including phenoxy) is 1. The van der Waals surface area contributed by atoms with Gasteiger partial charge in [-0.1, -0.05) is 17.7 Å². The summed E-state index contributed by atoms with van der Waals surface area (Å²) < 4.78 is 6.34. The Kier molecular flexibility index (Phi) is 3.71. The van der Waals surface area contributed by atoms with Gasteiger partial charge < -0.3 is 9.84 Å². The third-order valence-corrected chi connectivity index (χ3v) is 8.45. The van der Waals surface area contributed by atoms with Gasteiger partial charge in [-0.15, -0.1) is 0 Å². The van der Waals surface area contributed by atoms with Crippen LogP contribution in [-0.4, -0.2) is 23.1 Å². The highest BCUT2D eigenvalue weighted by Crippen LogP contribution is 2.69. The van der Waals surface area contributed by atoms with Crippen molar-refractivity contribution in [3.63, 3.8) is 0 Å². The lowest BCUT2D eigenvalue weighted by Gasteiger charge is -2.40. The van der Waals surface area contributed by atoms with Gasteiger partial charge in [0.2, 0.25) is 0 Å². The fourth-order valence-electron chi connectivity index (χ4n) is 5.88. The highest BCUT2D eigenvalue weighted by molar-refractivity contribution is 7.08. The molecule has 1 aromatic carbocycles. The van der Waals surface area contributed by atoms with E-state index in [9.17, 15) is 9.90 Å². The Morgan fingerprint density at radius 2 is 1.66 bits per heavy atom. The molecule has 1 saturated heterocycles. The average molecular weight is 407 g/mol. The van der Waals surface area contributed by atoms with Crippen LogP contribution in [0.1, 0.15) is 47.2 Å². The first kappa shape index (κ1) is 18.8. The van der Waals surface area contributed by atoms with E-state index in [0.29, 0.717) is 5.57 Å². The molecule has 29 heavy (non-hydrogen) atoms. The zero-order chi connectivity index (χ0) is 20.9. The highest BCUT2D eigenvalue weighted by Gasteiger charge is 2.74. The zero-order valence-electron chi connectivity index (χ0n) is 17.7. The van der Waals surface area contributed by atoms with Gasteiger partial charge in [-0.05, 0) is 91.8 Å². The highest BCUT2D eigenvalue weighted by atomic mass is 32.1. The Morgan fingerprint density at radius 1 is 1.00 bits per heavy atom. The molecule has 0 radical (unpaired) electrons. The maximum absolute atomic E-state index is 13.8. The number of hydrogen-bond donors (Lipinski definition) is 1. The van der Waals surface area contributed by atoms with Crippen LogP contribution in [-0.2, 0) is 9.53 Å². The molecule has 3 aliphatic rings. The van der Waals surface area contributed by atoms with Crippen LogP contribution in [0.4, 0.5) is 0 Å². The second-order valence-electron chi connectivity index (χ2n) is 9.26. The Balaban J connectivity index is 1.73.